The van der Waals surface area contributed by atoms with Gasteiger partial charge in [0.25, 0.3) is 0 Å². The minimum absolute atomic E-state index is 0.226. The monoisotopic (exact) mass is 318 g/mol. The Morgan fingerprint density at radius 1 is 1.17 bits per heavy atom. The number of ether oxygens (including phenoxy) is 1. The summed E-state index contributed by atoms with van der Waals surface area (Å²) >= 11 is 0. The SMILES string of the molecule is CCc1cc(NCC2(N3CCCCC3)CCOCC2)nc(C)n1. The average molecular weight is 318 g/mol. The normalized spacial score (nSPS) is 22.0. The van der Waals surface area contributed by atoms with Crippen molar-refractivity contribution >= 4 is 5.82 Å². The number of hydrogen-bond donors (Lipinski definition) is 1. The lowest BCUT2D eigenvalue weighted by atomic mass is 9.86. The lowest BCUT2D eigenvalue weighted by molar-refractivity contribution is -0.0293. The summed E-state index contributed by atoms with van der Waals surface area (Å²) in [5, 5.41) is 3.62. The fourth-order valence-electron chi connectivity index (χ4n) is 3.88. The van der Waals surface area contributed by atoms with E-state index in [0.29, 0.717) is 0 Å². The van der Waals surface area contributed by atoms with Crippen molar-refractivity contribution in [3.63, 3.8) is 0 Å². The van der Waals surface area contributed by atoms with Crippen LogP contribution in [0.15, 0.2) is 6.07 Å². The number of anilines is 1. The van der Waals surface area contributed by atoms with E-state index >= 15 is 0 Å². The van der Waals surface area contributed by atoms with Crippen molar-refractivity contribution < 1.29 is 4.74 Å². The zero-order valence-electron chi connectivity index (χ0n) is 14.6. The Labute approximate surface area is 139 Å². The van der Waals surface area contributed by atoms with E-state index in [0.717, 1.165) is 56.4 Å². The Morgan fingerprint density at radius 2 is 1.91 bits per heavy atom. The van der Waals surface area contributed by atoms with Gasteiger partial charge in [0.15, 0.2) is 0 Å². The summed E-state index contributed by atoms with van der Waals surface area (Å²) in [5.74, 6) is 1.82. The first-order valence-corrected chi connectivity index (χ1v) is 9.13. The third-order valence-electron chi connectivity index (χ3n) is 5.30. The molecule has 5 heteroatoms. The molecule has 3 rings (SSSR count). The molecule has 1 N–H and O–H groups in total. The molecular formula is C18H30N4O. The molecule has 5 nitrogen and oxygen atoms in total. The molecule has 2 saturated heterocycles. The van der Waals surface area contributed by atoms with Crippen molar-refractivity contribution in [3.8, 4) is 0 Å². The molecular weight excluding hydrogens is 288 g/mol. The Hall–Kier alpha value is -1.20. The van der Waals surface area contributed by atoms with Crippen LogP contribution in [0.4, 0.5) is 5.82 Å². The van der Waals surface area contributed by atoms with Crippen LogP contribution < -0.4 is 5.32 Å². The number of aryl methyl sites for hydroxylation is 2. The zero-order chi connectivity index (χ0) is 16.1. The maximum atomic E-state index is 5.64. The summed E-state index contributed by atoms with van der Waals surface area (Å²) < 4.78 is 5.64. The van der Waals surface area contributed by atoms with E-state index in [1.807, 2.05) is 6.92 Å². The number of likely N-dealkylation sites (tertiary alicyclic amines) is 1. The third-order valence-corrected chi connectivity index (χ3v) is 5.30. The van der Waals surface area contributed by atoms with Crippen LogP contribution in [0.1, 0.15) is 50.5 Å². The summed E-state index contributed by atoms with van der Waals surface area (Å²) in [7, 11) is 0. The molecule has 23 heavy (non-hydrogen) atoms. The Kier molecular flexibility index (Phi) is 5.49. The van der Waals surface area contributed by atoms with Gasteiger partial charge in [-0.05, 0) is 52.1 Å². The van der Waals surface area contributed by atoms with Gasteiger partial charge in [0, 0.05) is 37.1 Å². The largest absolute Gasteiger partial charge is 0.381 e. The van der Waals surface area contributed by atoms with Gasteiger partial charge in [0.2, 0.25) is 0 Å². The third kappa shape index (κ3) is 4.01. The van der Waals surface area contributed by atoms with Crippen LogP contribution in [-0.2, 0) is 11.2 Å². The molecule has 1 aromatic heterocycles. The smallest absolute Gasteiger partial charge is 0.129 e. The van der Waals surface area contributed by atoms with Gasteiger partial charge in [0.1, 0.15) is 11.6 Å². The van der Waals surface area contributed by atoms with E-state index in [9.17, 15) is 0 Å². The molecule has 0 atom stereocenters. The minimum Gasteiger partial charge on any atom is -0.381 e. The molecule has 0 unspecified atom stereocenters. The fourth-order valence-corrected chi connectivity index (χ4v) is 3.88. The van der Waals surface area contributed by atoms with E-state index in [2.05, 4.69) is 33.2 Å². The van der Waals surface area contributed by atoms with Gasteiger partial charge < -0.3 is 10.1 Å². The first kappa shape index (κ1) is 16.7. The Bertz CT molecular complexity index is 508. The topological polar surface area (TPSA) is 50.3 Å². The minimum atomic E-state index is 0.226. The summed E-state index contributed by atoms with van der Waals surface area (Å²) in [5.41, 5.74) is 1.34. The predicted molar refractivity (Wildman–Crippen MR) is 92.8 cm³/mol. The second-order valence-corrected chi connectivity index (χ2v) is 6.88. The Morgan fingerprint density at radius 3 is 2.61 bits per heavy atom. The number of nitrogens with one attached hydrogen (secondary N) is 1. The number of rotatable bonds is 5. The number of aromatic nitrogens is 2. The molecule has 128 valence electrons. The van der Waals surface area contributed by atoms with Crippen molar-refractivity contribution in [3.05, 3.63) is 17.6 Å². The van der Waals surface area contributed by atoms with Crippen LogP contribution in [0.25, 0.3) is 0 Å². The van der Waals surface area contributed by atoms with Gasteiger partial charge >= 0.3 is 0 Å². The van der Waals surface area contributed by atoms with E-state index in [1.54, 1.807) is 0 Å². The van der Waals surface area contributed by atoms with Gasteiger partial charge in [-0.15, -0.1) is 0 Å². The second kappa shape index (κ2) is 7.58. The van der Waals surface area contributed by atoms with Crippen molar-refractivity contribution in [1.82, 2.24) is 14.9 Å². The van der Waals surface area contributed by atoms with E-state index in [1.165, 1.54) is 32.4 Å². The summed E-state index contributed by atoms with van der Waals surface area (Å²) in [4.78, 5) is 11.8. The molecule has 0 amide bonds. The van der Waals surface area contributed by atoms with Crippen molar-refractivity contribution in [2.24, 2.45) is 0 Å². The zero-order valence-corrected chi connectivity index (χ0v) is 14.6. The van der Waals surface area contributed by atoms with Gasteiger partial charge in [0.05, 0.1) is 0 Å². The molecule has 0 spiro atoms. The van der Waals surface area contributed by atoms with Crippen molar-refractivity contribution in [2.75, 3.05) is 38.2 Å². The average Bonchev–Trinajstić information content (AvgIpc) is 2.61. The summed E-state index contributed by atoms with van der Waals surface area (Å²) in [6.45, 7) is 9.27. The fraction of sp³-hybridized carbons (Fsp3) is 0.778. The highest BCUT2D eigenvalue weighted by atomic mass is 16.5. The predicted octanol–water partition coefficient (Wildman–Crippen LogP) is 2.79. The molecule has 0 bridgehead atoms. The molecule has 3 heterocycles. The Balaban J connectivity index is 1.72. The van der Waals surface area contributed by atoms with Gasteiger partial charge in [-0.3, -0.25) is 4.90 Å². The highest BCUT2D eigenvalue weighted by molar-refractivity contribution is 5.37. The first-order chi connectivity index (χ1) is 11.2. The van der Waals surface area contributed by atoms with Crippen molar-refractivity contribution in [1.29, 1.82) is 0 Å². The molecule has 0 aromatic carbocycles. The van der Waals surface area contributed by atoms with Crippen molar-refractivity contribution in [2.45, 2.75) is 57.9 Å². The standard InChI is InChI=1S/C18H30N4O/c1-3-16-13-17(21-15(2)20-16)19-14-18(7-11-23-12-8-18)22-9-5-4-6-10-22/h13H,3-12,14H2,1-2H3,(H,19,20,21). The van der Waals surface area contributed by atoms with Gasteiger partial charge in [-0.25, -0.2) is 9.97 Å². The highest BCUT2D eigenvalue weighted by Crippen LogP contribution is 2.31. The lowest BCUT2D eigenvalue weighted by Gasteiger charge is -2.48. The molecule has 2 aliphatic rings. The van der Waals surface area contributed by atoms with Gasteiger partial charge in [-0.2, -0.15) is 0 Å². The van der Waals surface area contributed by atoms with Crippen LogP contribution in [0.5, 0.6) is 0 Å². The van der Waals surface area contributed by atoms with E-state index in [4.69, 9.17) is 4.74 Å². The van der Waals surface area contributed by atoms with Crippen LogP contribution in [0, 0.1) is 6.92 Å². The van der Waals surface area contributed by atoms with Gasteiger partial charge in [-0.1, -0.05) is 13.3 Å². The molecule has 0 saturated carbocycles. The second-order valence-electron chi connectivity index (χ2n) is 6.88. The molecule has 0 aliphatic carbocycles. The number of piperidine rings is 1. The highest BCUT2D eigenvalue weighted by Gasteiger charge is 2.38. The van der Waals surface area contributed by atoms with Crippen LogP contribution >= 0.6 is 0 Å². The summed E-state index contributed by atoms with van der Waals surface area (Å²) in [6.07, 6.45) is 7.21. The summed E-state index contributed by atoms with van der Waals surface area (Å²) in [6, 6.07) is 2.09. The van der Waals surface area contributed by atoms with Crippen LogP contribution in [-0.4, -0.2) is 53.3 Å². The van der Waals surface area contributed by atoms with Crippen LogP contribution in [0.3, 0.4) is 0 Å². The quantitative estimate of drug-likeness (QED) is 0.905. The lowest BCUT2D eigenvalue weighted by Crippen LogP contribution is -2.57. The van der Waals surface area contributed by atoms with E-state index in [-0.39, 0.29) is 5.54 Å². The molecule has 0 radical (unpaired) electrons. The maximum Gasteiger partial charge on any atom is 0.129 e. The molecule has 2 fully saturated rings. The number of nitrogens with zero attached hydrogens (tertiary/aromatic N) is 3. The van der Waals surface area contributed by atoms with Crippen LogP contribution in [0.2, 0.25) is 0 Å². The maximum absolute atomic E-state index is 5.64. The van der Waals surface area contributed by atoms with E-state index < -0.39 is 0 Å². The first-order valence-electron chi connectivity index (χ1n) is 9.13. The molecule has 1 aromatic rings. The number of hydrogen-bond acceptors (Lipinski definition) is 5. The molecule has 2 aliphatic heterocycles.